The zero-order valence-corrected chi connectivity index (χ0v) is 14.0. The first-order valence-electron chi connectivity index (χ1n) is 6.08. The lowest BCUT2D eigenvalue weighted by Crippen LogP contribution is -2.26. The Kier molecular flexibility index (Phi) is 4.83. The molecule has 0 aromatic heterocycles. The molecule has 0 saturated heterocycles. The van der Waals surface area contributed by atoms with Gasteiger partial charge in [0, 0.05) is 20.2 Å². The highest BCUT2D eigenvalue weighted by molar-refractivity contribution is 9.10. The summed E-state index contributed by atoms with van der Waals surface area (Å²) in [6.07, 6.45) is 0. The quantitative estimate of drug-likeness (QED) is 0.759. The Hall–Kier alpha value is -1.33. The second-order valence-electron chi connectivity index (χ2n) is 4.49. The number of amides is 1. The van der Waals surface area contributed by atoms with Gasteiger partial charge in [0.2, 0.25) is 0 Å². The zero-order chi connectivity index (χ0) is 14.7. The SMILES string of the molecule is C[C@H](NC(=O)c1ccc(N)c(Br)c1)c1cccc(Br)c1. The first-order chi connectivity index (χ1) is 9.47. The Balaban J connectivity index is 2.13. The fourth-order valence-electron chi connectivity index (χ4n) is 1.81. The van der Waals surface area contributed by atoms with Crippen LogP contribution >= 0.6 is 31.9 Å². The average molecular weight is 398 g/mol. The molecule has 0 radical (unpaired) electrons. The summed E-state index contributed by atoms with van der Waals surface area (Å²) in [4.78, 5) is 12.2. The summed E-state index contributed by atoms with van der Waals surface area (Å²) < 4.78 is 1.71. The van der Waals surface area contributed by atoms with E-state index in [1.807, 2.05) is 31.2 Å². The summed E-state index contributed by atoms with van der Waals surface area (Å²) in [6.45, 7) is 1.95. The van der Waals surface area contributed by atoms with E-state index in [1.54, 1.807) is 18.2 Å². The molecule has 3 nitrogen and oxygen atoms in total. The number of nitrogens with two attached hydrogens (primary N) is 1. The number of anilines is 1. The van der Waals surface area contributed by atoms with Crippen molar-refractivity contribution in [2.45, 2.75) is 13.0 Å². The van der Waals surface area contributed by atoms with Gasteiger partial charge in [-0.05, 0) is 58.7 Å². The van der Waals surface area contributed by atoms with Crippen LogP contribution in [0.15, 0.2) is 51.4 Å². The molecule has 0 spiro atoms. The van der Waals surface area contributed by atoms with Gasteiger partial charge in [0.15, 0.2) is 0 Å². The zero-order valence-electron chi connectivity index (χ0n) is 10.9. The highest BCUT2D eigenvalue weighted by atomic mass is 79.9. The van der Waals surface area contributed by atoms with Gasteiger partial charge in [-0.15, -0.1) is 0 Å². The molecule has 1 atom stereocenters. The average Bonchev–Trinajstić information content (AvgIpc) is 2.41. The molecule has 104 valence electrons. The summed E-state index contributed by atoms with van der Waals surface area (Å²) in [6, 6.07) is 12.9. The van der Waals surface area contributed by atoms with Gasteiger partial charge >= 0.3 is 0 Å². The van der Waals surface area contributed by atoms with Crippen molar-refractivity contribution in [2.75, 3.05) is 5.73 Å². The van der Waals surface area contributed by atoms with Crippen LogP contribution in [0.5, 0.6) is 0 Å². The van der Waals surface area contributed by atoms with Crippen LogP contribution in [-0.4, -0.2) is 5.91 Å². The molecule has 0 unspecified atom stereocenters. The molecule has 0 aliphatic heterocycles. The molecule has 20 heavy (non-hydrogen) atoms. The van der Waals surface area contributed by atoms with E-state index in [0.717, 1.165) is 14.5 Å². The number of hydrogen-bond donors (Lipinski definition) is 2. The van der Waals surface area contributed by atoms with E-state index in [1.165, 1.54) is 0 Å². The van der Waals surface area contributed by atoms with Crippen LogP contribution < -0.4 is 11.1 Å². The minimum absolute atomic E-state index is 0.0728. The van der Waals surface area contributed by atoms with Crippen molar-refractivity contribution in [1.82, 2.24) is 5.32 Å². The monoisotopic (exact) mass is 396 g/mol. The lowest BCUT2D eigenvalue weighted by atomic mass is 10.1. The summed E-state index contributed by atoms with van der Waals surface area (Å²) >= 11 is 6.75. The normalized spacial score (nSPS) is 11.9. The number of nitrogen functional groups attached to an aromatic ring is 1. The highest BCUT2D eigenvalue weighted by Crippen LogP contribution is 2.22. The third-order valence-corrected chi connectivity index (χ3v) is 4.14. The van der Waals surface area contributed by atoms with Crippen molar-refractivity contribution < 1.29 is 4.79 Å². The molecule has 0 heterocycles. The molecule has 2 aromatic carbocycles. The van der Waals surface area contributed by atoms with Crippen LogP contribution in [0, 0.1) is 0 Å². The second kappa shape index (κ2) is 6.41. The maximum Gasteiger partial charge on any atom is 0.251 e. The summed E-state index contributed by atoms with van der Waals surface area (Å²) in [5.41, 5.74) is 7.95. The molecule has 2 rings (SSSR count). The van der Waals surface area contributed by atoms with Crippen molar-refractivity contribution in [1.29, 1.82) is 0 Å². The first kappa shape index (κ1) is 15.1. The van der Waals surface area contributed by atoms with Crippen molar-refractivity contribution in [3.8, 4) is 0 Å². The minimum atomic E-state index is -0.127. The molecule has 0 fully saturated rings. The topological polar surface area (TPSA) is 55.1 Å². The molecule has 5 heteroatoms. The number of nitrogens with one attached hydrogen (secondary N) is 1. The number of hydrogen-bond acceptors (Lipinski definition) is 2. The third-order valence-electron chi connectivity index (χ3n) is 2.96. The number of rotatable bonds is 3. The molecular formula is C15H14Br2N2O. The second-order valence-corrected chi connectivity index (χ2v) is 6.26. The fraction of sp³-hybridized carbons (Fsp3) is 0.133. The summed E-state index contributed by atoms with van der Waals surface area (Å²) in [5, 5.41) is 2.96. The maximum absolute atomic E-state index is 12.2. The predicted octanol–water partition coefficient (Wildman–Crippen LogP) is 4.28. The fourth-order valence-corrected chi connectivity index (χ4v) is 2.60. The van der Waals surface area contributed by atoms with Crippen LogP contribution in [0.1, 0.15) is 28.9 Å². The van der Waals surface area contributed by atoms with E-state index >= 15 is 0 Å². The molecular weight excluding hydrogens is 384 g/mol. The first-order valence-corrected chi connectivity index (χ1v) is 7.67. The molecule has 0 aliphatic rings. The van der Waals surface area contributed by atoms with Gasteiger partial charge in [-0.1, -0.05) is 28.1 Å². The number of carbonyl (C=O) groups excluding carboxylic acids is 1. The smallest absolute Gasteiger partial charge is 0.251 e. The van der Waals surface area contributed by atoms with Crippen LogP contribution in [0.3, 0.4) is 0 Å². The van der Waals surface area contributed by atoms with Crippen molar-refractivity contribution in [3.63, 3.8) is 0 Å². The van der Waals surface area contributed by atoms with Crippen molar-refractivity contribution in [3.05, 3.63) is 62.5 Å². The molecule has 1 amide bonds. The van der Waals surface area contributed by atoms with E-state index in [2.05, 4.69) is 37.2 Å². The Morgan fingerprint density at radius 3 is 2.60 bits per heavy atom. The van der Waals surface area contributed by atoms with Gasteiger partial charge < -0.3 is 11.1 Å². The van der Waals surface area contributed by atoms with Crippen LogP contribution in [0.2, 0.25) is 0 Å². The van der Waals surface area contributed by atoms with E-state index in [4.69, 9.17) is 5.73 Å². The Bertz CT molecular complexity index is 644. The van der Waals surface area contributed by atoms with Gasteiger partial charge in [0.05, 0.1) is 6.04 Å². The van der Waals surface area contributed by atoms with Crippen LogP contribution in [0.4, 0.5) is 5.69 Å². The number of carbonyl (C=O) groups is 1. The van der Waals surface area contributed by atoms with E-state index in [-0.39, 0.29) is 11.9 Å². The Morgan fingerprint density at radius 1 is 1.20 bits per heavy atom. The van der Waals surface area contributed by atoms with E-state index in [9.17, 15) is 4.79 Å². The Morgan fingerprint density at radius 2 is 1.95 bits per heavy atom. The minimum Gasteiger partial charge on any atom is -0.398 e. The molecule has 0 saturated carbocycles. The maximum atomic E-state index is 12.2. The van der Waals surface area contributed by atoms with E-state index in [0.29, 0.717) is 11.3 Å². The van der Waals surface area contributed by atoms with Gasteiger partial charge in [0.1, 0.15) is 0 Å². The molecule has 0 aliphatic carbocycles. The lowest BCUT2D eigenvalue weighted by Gasteiger charge is -2.15. The third kappa shape index (κ3) is 3.61. The number of benzene rings is 2. The lowest BCUT2D eigenvalue weighted by molar-refractivity contribution is 0.0940. The van der Waals surface area contributed by atoms with Crippen molar-refractivity contribution >= 4 is 43.5 Å². The number of halogens is 2. The Labute approximate surface area is 134 Å². The predicted molar refractivity (Wildman–Crippen MR) is 88.6 cm³/mol. The van der Waals surface area contributed by atoms with Crippen molar-refractivity contribution in [2.24, 2.45) is 0 Å². The molecule has 0 bridgehead atoms. The molecule has 2 aromatic rings. The standard InChI is InChI=1S/C15H14Br2N2O/c1-9(10-3-2-4-12(16)7-10)19-15(20)11-5-6-14(18)13(17)8-11/h2-9H,18H2,1H3,(H,19,20)/t9-/m0/s1. The van der Waals surface area contributed by atoms with Gasteiger partial charge in [-0.25, -0.2) is 0 Å². The van der Waals surface area contributed by atoms with Crippen LogP contribution in [-0.2, 0) is 0 Å². The van der Waals surface area contributed by atoms with E-state index < -0.39 is 0 Å². The van der Waals surface area contributed by atoms with Gasteiger partial charge in [-0.3, -0.25) is 4.79 Å². The molecule has 3 N–H and O–H groups in total. The largest absolute Gasteiger partial charge is 0.398 e. The van der Waals surface area contributed by atoms with Gasteiger partial charge in [0.25, 0.3) is 5.91 Å². The summed E-state index contributed by atoms with van der Waals surface area (Å²) in [5.74, 6) is -0.127. The van der Waals surface area contributed by atoms with Gasteiger partial charge in [-0.2, -0.15) is 0 Å². The summed E-state index contributed by atoms with van der Waals surface area (Å²) in [7, 11) is 0. The highest BCUT2D eigenvalue weighted by Gasteiger charge is 2.12. The van der Waals surface area contributed by atoms with Crippen LogP contribution in [0.25, 0.3) is 0 Å².